The molecular weight excluding hydrogens is 302 g/mol. The van der Waals surface area contributed by atoms with E-state index in [9.17, 15) is 4.79 Å². The molecule has 0 aliphatic carbocycles. The quantitative estimate of drug-likeness (QED) is 0.758. The molecule has 1 heterocycles. The highest BCUT2D eigenvalue weighted by atomic mass is 32.2. The third kappa shape index (κ3) is 4.46. The Labute approximate surface area is 134 Å². The van der Waals surface area contributed by atoms with E-state index in [-0.39, 0.29) is 5.91 Å². The van der Waals surface area contributed by atoms with Crippen LogP contribution in [0.25, 0.3) is 0 Å². The van der Waals surface area contributed by atoms with Crippen molar-refractivity contribution in [1.29, 1.82) is 0 Å². The van der Waals surface area contributed by atoms with E-state index in [2.05, 4.69) is 5.32 Å². The zero-order valence-electron chi connectivity index (χ0n) is 12.6. The van der Waals surface area contributed by atoms with Gasteiger partial charge in [-0.1, -0.05) is 0 Å². The Bertz CT molecular complexity index is 598. The molecule has 0 aliphatic rings. The van der Waals surface area contributed by atoms with Crippen molar-refractivity contribution in [1.82, 2.24) is 5.32 Å². The molecule has 0 unspecified atom stereocenters. The zero-order chi connectivity index (χ0) is 15.8. The van der Waals surface area contributed by atoms with Crippen LogP contribution < -0.4 is 14.8 Å². The molecule has 1 amide bonds. The summed E-state index contributed by atoms with van der Waals surface area (Å²) in [6.45, 7) is 0.574. The van der Waals surface area contributed by atoms with Gasteiger partial charge in [-0.3, -0.25) is 4.79 Å². The Morgan fingerprint density at radius 3 is 2.82 bits per heavy atom. The van der Waals surface area contributed by atoms with Gasteiger partial charge in [-0.2, -0.15) is 11.8 Å². The summed E-state index contributed by atoms with van der Waals surface area (Å²) in [5, 5.41) is 2.88. The Balaban J connectivity index is 1.81. The molecule has 0 radical (unpaired) electrons. The summed E-state index contributed by atoms with van der Waals surface area (Å²) in [6.07, 6.45) is 1.66. The van der Waals surface area contributed by atoms with Crippen molar-refractivity contribution in [3.05, 3.63) is 47.9 Å². The molecule has 0 bridgehead atoms. The molecule has 1 aromatic carbocycles. The van der Waals surface area contributed by atoms with Crippen LogP contribution in [0.5, 0.6) is 11.5 Å². The average Bonchev–Trinajstić information content (AvgIpc) is 3.07. The van der Waals surface area contributed by atoms with Crippen molar-refractivity contribution in [2.24, 2.45) is 0 Å². The van der Waals surface area contributed by atoms with Gasteiger partial charge in [0, 0.05) is 12.3 Å². The van der Waals surface area contributed by atoms with E-state index in [1.807, 2.05) is 12.1 Å². The first-order valence-electron chi connectivity index (χ1n) is 6.85. The Morgan fingerprint density at radius 1 is 1.27 bits per heavy atom. The number of rotatable bonds is 8. The lowest BCUT2D eigenvalue weighted by molar-refractivity contribution is 0.0953. The predicted molar refractivity (Wildman–Crippen MR) is 86.7 cm³/mol. The molecule has 0 spiro atoms. The second-order valence-corrected chi connectivity index (χ2v) is 5.56. The van der Waals surface area contributed by atoms with Crippen LogP contribution in [0.3, 0.4) is 0 Å². The molecule has 0 aliphatic heterocycles. The van der Waals surface area contributed by atoms with Gasteiger partial charge in [0.2, 0.25) is 0 Å². The Hall–Kier alpha value is -2.08. The van der Waals surface area contributed by atoms with Crippen molar-refractivity contribution in [3.63, 3.8) is 0 Å². The molecule has 118 valence electrons. The van der Waals surface area contributed by atoms with Gasteiger partial charge in [-0.15, -0.1) is 0 Å². The van der Waals surface area contributed by atoms with E-state index in [1.165, 1.54) is 7.11 Å². The van der Waals surface area contributed by atoms with Crippen LogP contribution >= 0.6 is 11.8 Å². The third-order valence-corrected chi connectivity index (χ3v) is 3.99. The zero-order valence-corrected chi connectivity index (χ0v) is 13.4. The van der Waals surface area contributed by atoms with E-state index in [1.54, 1.807) is 43.3 Å². The van der Waals surface area contributed by atoms with Crippen LogP contribution in [0, 0.1) is 0 Å². The van der Waals surface area contributed by atoms with Crippen molar-refractivity contribution >= 4 is 17.7 Å². The van der Waals surface area contributed by atoms with Crippen molar-refractivity contribution in [2.75, 3.05) is 26.5 Å². The van der Waals surface area contributed by atoms with E-state index < -0.39 is 0 Å². The topological polar surface area (TPSA) is 60.7 Å². The molecule has 0 saturated carbocycles. The molecule has 2 rings (SSSR count). The normalized spacial score (nSPS) is 10.3. The van der Waals surface area contributed by atoms with Gasteiger partial charge in [0.25, 0.3) is 5.91 Å². The SMILES string of the molecule is COc1ccc(OC)c(C(=O)NCCSCc2ccco2)c1. The maximum atomic E-state index is 12.2. The molecule has 0 atom stereocenters. The second kappa shape index (κ2) is 8.38. The summed E-state index contributed by atoms with van der Waals surface area (Å²) in [5.74, 6) is 3.52. The maximum absolute atomic E-state index is 12.2. The van der Waals surface area contributed by atoms with Gasteiger partial charge in [0.1, 0.15) is 17.3 Å². The first-order chi connectivity index (χ1) is 10.7. The molecule has 6 heteroatoms. The Morgan fingerprint density at radius 2 is 2.14 bits per heavy atom. The third-order valence-electron chi connectivity index (χ3n) is 3.01. The number of furan rings is 1. The fourth-order valence-corrected chi connectivity index (χ4v) is 2.65. The van der Waals surface area contributed by atoms with E-state index in [0.29, 0.717) is 23.6 Å². The number of carbonyl (C=O) groups excluding carboxylic acids is 1. The predicted octanol–water partition coefficient (Wildman–Crippen LogP) is 2.96. The number of hydrogen-bond acceptors (Lipinski definition) is 5. The van der Waals surface area contributed by atoms with Crippen molar-refractivity contribution in [2.45, 2.75) is 5.75 Å². The monoisotopic (exact) mass is 321 g/mol. The molecule has 2 aromatic rings. The molecule has 5 nitrogen and oxygen atoms in total. The number of carbonyl (C=O) groups is 1. The summed E-state index contributed by atoms with van der Waals surface area (Å²) >= 11 is 1.70. The van der Waals surface area contributed by atoms with Crippen LogP contribution in [0.15, 0.2) is 41.0 Å². The summed E-state index contributed by atoms with van der Waals surface area (Å²) < 4.78 is 15.6. The highest BCUT2D eigenvalue weighted by molar-refractivity contribution is 7.98. The lowest BCUT2D eigenvalue weighted by atomic mass is 10.1. The first kappa shape index (κ1) is 16.3. The number of ether oxygens (including phenoxy) is 2. The number of hydrogen-bond donors (Lipinski definition) is 1. The highest BCUT2D eigenvalue weighted by Gasteiger charge is 2.13. The molecule has 0 saturated heterocycles. The standard InChI is InChI=1S/C16H19NO4S/c1-19-12-5-6-15(20-2)14(10-12)16(18)17-7-9-22-11-13-4-3-8-21-13/h3-6,8,10H,7,9,11H2,1-2H3,(H,17,18). The minimum atomic E-state index is -0.172. The minimum Gasteiger partial charge on any atom is -0.497 e. The van der Waals surface area contributed by atoms with Crippen LogP contribution in [0.4, 0.5) is 0 Å². The molecule has 1 aromatic heterocycles. The van der Waals surface area contributed by atoms with E-state index >= 15 is 0 Å². The molecule has 0 fully saturated rings. The van der Waals surface area contributed by atoms with Crippen LogP contribution in [0.1, 0.15) is 16.1 Å². The fourth-order valence-electron chi connectivity index (χ4n) is 1.89. The summed E-state index contributed by atoms with van der Waals surface area (Å²) in [4.78, 5) is 12.2. The first-order valence-corrected chi connectivity index (χ1v) is 8.00. The van der Waals surface area contributed by atoms with Crippen LogP contribution in [0.2, 0.25) is 0 Å². The maximum Gasteiger partial charge on any atom is 0.255 e. The van der Waals surface area contributed by atoms with Gasteiger partial charge >= 0.3 is 0 Å². The van der Waals surface area contributed by atoms with Gasteiger partial charge in [-0.25, -0.2) is 0 Å². The van der Waals surface area contributed by atoms with Crippen LogP contribution in [-0.2, 0) is 5.75 Å². The number of nitrogens with one attached hydrogen (secondary N) is 1. The molecular formula is C16H19NO4S. The van der Waals surface area contributed by atoms with E-state index in [4.69, 9.17) is 13.9 Å². The van der Waals surface area contributed by atoms with Gasteiger partial charge in [0.05, 0.1) is 31.8 Å². The average molecular weight is 321 g/mol. The van der Waals surface area contributed by atoms with Crippen molar-refractivity contribution < 1.29 is 18.7 Å². The largest absolute Gasteiger partial charge is 0.497 e. The number of benzene rings is 1. The van der Waals surface area contributed by atoms with Gasteiger partial charge in [0.15, 0.2) is 0 Å². The summed E-state index contributed by atoms with van der Waals surface area (Å²) in [7, 11) is 3.10. The number of amides is 1. The Kier molecular flexibility index (Phi) is 6.21. The smallest absolute Gasteiger partial charge is 0.255 e. The van der Waals surface area contributed by atoms with Crippen LogP contribution in [-0.4, -0.2) is 32.4 Å². The number of thioether (sulfide) groups is 1. The summed E-state index contributed by atoms with van der Waals surface area (Å²) in [6, 6.07) is 8.96. The fraction of sp³-hybridized carbons (Fsp3) is 0.312. The van der Waals surface area contributed by atoms with E-state index in [0.717, 1.165) is 17.3 Å². The lowest BCUT2D eigenvalue weighted by Crippen LogP contribution is -2.26. The minimum absolute atomic E-state index is 0.172. The molecule has 22 heavy (non-hydrogen) atoms. The van der Waals surface area contributed by atoms with Crippen molar-refractivity contribution in [3.8, 4) is 11.5 Å². The molecule has 1 N–H and O–H groups in total. The second-order valence-electron chi connectivity index (χ2n) is 4.45. The number of methoxy groups -OCH3 is 2. The lowest BCUT2D eigenvalue weighted by Gasteiger charge is -2.10. The summed E-state index contributed by atoms with van der Waals surface area (Å²) in [5.41, 5.74) is 0.470. The van der Waals surface area contributed by atoms with Gasteiger partial charge in [-0.05, 0) is 30.3 Å². The van der Waals surface area contributed by atoms with Gasteiger partial charge < -0.3 is 19.2 Å². The highest BCUT2D eigenvalue weighted by Crippen LogP contribution is 2.23.